The number of ether oxygens (including phenoxy) is 1. The average Bonchev–Trinajstić information content (AvgIpc) is 3.30. The summed E-state index contributed by atoms with van der Waals surface area (Å²) in [6.45, 7) is 3.06. The summed E-state index contributed by atoms with van der Waals surface area (Å²) in [5.74, 6) is 0.786. The minimum absolute atomic E-state index is 0.146. The van der Waals surface area contributed by atoms with E-state index in [1.54, 1.807) is 11.8 Å². The second-order valence-corrected chi connectivity index (χ2v) is 9.00. The van der Waals surface area contributed by atoms with Crippen molar-refractivity contribution < 1.29 is 9.53 Å². The van der Waals surface area contributed by atoms with Crippen molar-refractivity contribution in [2.75, 3.05) is 18.2 Å². The fourth-order valence-corrected chi connectivity index (χ4v) is 4.88. The van der Waals surface area contributed by atoms with Gasteiger partial charge in [-0.3, -0.25) is 0 Å². The largest absolute Gasteiger partial charge is 0.494 e. The number of benzene rings is 3. The number of hydrogen-bond donors (Lipinski definition) is 1. The predicted octanol–water partition coefficient (Wildman–Crippen LogP) is 6.74. The summed E-state index contributed by atoms with van der Waals surface area (Å²) in [6, 6.07) is 28.0. The number of fused-ring (bicyclic) bond motifs is 3. The topological polar surface area (TPSA) is 46.5 Å². The van der Waals surface area contributed by atoms with E-state index in [-0.39, 0.29) is 12.1 Å². The number of carbonyl (C=O) groups is 1. The third-order valence-electron chi connectivity index (χ3n) is 6.07. The lowest BCUT2D eigenvalue weighted by Gasteiger charge is -2.31. The maximum absolute atomic E-state index is 13.7. The molecular formula is C28H27N3O2S. The number of thioether (sulfide) groups is 1. The SMILES string of the molecule is CCOc1ccc(NC(=O)N2Cc3ccccc3-n3cccc3C2c2ccc(SC)cc2)cc1. The highest BCUT2D eigenvalue weighted by atomic mass is 32.2. The quantitative estimate of drug-likeness (QED) is 0.330. The molecule has 0 bridgehead atoms. The van der Waals surface area contributed by atoms with Crippen LogP contribution in [0.25, 0.3) is 5.69 Å². The summed E-state index contributed by atoms with van der Waals surface area (Å²) in [4.78, 5) is 16.9. The predicted molar refractivity (Wildman–Crippen MR) is 138 cm³/mol. The molecule has 5 rings (SSSR count). The van der Waals surface area contributed by atoms with Crippen molar-refractivity contribution in [2.24, 2.45) is 0 Å². The summed E-state index contributed by atoms with van der Waals surface area (Å²) in [5.41, 5.74) is 5.07. The van der Waals surface area contributed by atoms with Crippen LogP contribution in [0.15, 0.2) is 96.0 Å². The molecule has 34 heavy (non-hydrogen) atoms. The molecule has 4 aromatic rings. The standard InChI is InChI=1S/C28H27N3O2S/c1-3-33-23-14-12-22(13-15-23)29-28(32)31-19-21-7-4-5-8-25(21)30-18-6-9-26(30)27(31)20-10-16-24(34-2)17-11-20/h4-18,27H,3,19H2,1-2H3,(H,29,32). The van der Waals surface area contributed by atoms with Gasteiger partial charge in [0.15, 0.2) is 0 Å². The van der Waals surface area contributed by atoms with Crippen LogP contribution in [0.5, 0.6) is 5.75 Å². The van der Waals surface area contributed by atoms with Gasteiger partial charge in [0.2, 0.25) is 0 Å². The molecule has 2 amide bonds. The number of nitrogens with one attached hydrogen (secondary N) is 1. The first-order valence-corrected chi connectivity index (χ1v) is 12.6. The Hall–Kier alpha value is -3.64. The third kappa shape index (κ3) is 4.29. The number of carbonyl (C=O) groups excluding carboxylic acids is 1. The van der Waals surface area contributed by atoms with Crippen LogP contribution in [0, 0.1) is 0 Å². The van der Waals surface area contributed by atoms with Crippen LogP contribution in [0.3, 0.4) is 0 Å². The molecule has 0 spiro atoms. The van der Waals surface area contributed by atoms with Crippen LogP contribution < -0.4 is 10.1 Å². The van der Waals surface area contributed by atoms with Gasteiger partial charge >= 0.3 is 6.03 Å². The van der Waals surface area contributed by atoms with Crippen LogP contribution in [0.2, 0.25) is 0 Å². The van der Waals surface area contributed by atoms with Gasteiger partial charge < -0.3 is 19.5 Å². The molecule has 0 fully saturated rings. The Morgan fingerprint density at radius 3 is 2.50 bits per heavy atom. The lowest BCUT2D eigenvalue weighted by Crippen LogP contribution is -2.37. The number of anilines is 1. The molecular weight excluding hydrogens is 442 g/mol. The van der Waals surface area contributed by atoms with Crippen LogP contribution >= 0.6 is 11.8 Å². The zero-order valence-electron chi connectivity index (χ0n) is 19.3. The number of rotatable bonds is 5. The van der Waals surface area contributed by atoms with Crippen molar-refractivity contribution in [3.05, 3.63) is 108 Å². The van der Waals surface area contributed by atoms with Crippen LogP contribution in [-0.4, -0.2) is 28.4 Å². The van der Waals surface area contributed by atoms with Gasteiger partial charge in [-0.1, -0.05) is 30.3 Å². The third-order valence-corrected chi connectivity index (χ3v) is 6.82. The highest BCUT2D eigenvalue weighted by molar-refractivity contribution is 7.98. The first kappa shape index (κ1) is 22.2. The van der Waals surface area contributed by atoms with Crippen molar-refractivity contribution >= 4 is 23.5 Å². The zero-order chi connectivity index (χ0) is 23.5. The Kier molecular flexibility index (Phi) is 6.32. The monoisotopic (exact) mass is 469 g/mol. The Bertz CT molecular complexity index is 1280. The molecule has 1 aliphatic rings. The first-order valence-electron chi connectivity index (χ1n) is 11.4. The van der Waals surface area contributed by atoms with Gasteiger partial charge in [0.1, 0.15) is 5.75 Å². The fourth-order valence-electron chi connectivity index (χ4n) is 4.47. The Balaban J connectivity index is 1.55. The molecule has 2 heterocycles. The first-order chi connectivity index (χ1) is 16.7. The number of hydrogen-bond acceptors (Lipinski definition) is 3. The minimum Gasteiger partial charge on any atom is -0.494 e. The Morgan fingerprint density at radius 2 is 1.76 bits per heavy atom. The van der Waals surface area contributed by atoms with Gasteiger partial charge in [-0.05, 0) is 78.9 Å². The van der Waals surface area contributed by atoms with Crippen molar-refractivity contribution in [2.45, 2.75) is 24.4 Å². The van der Waals surface area contributed by atoms with E-state index in [1.807, 2.05) is 54.3 Å². The van der Waals surface area contributed by atoms with E-state index in [0.29, 0.717) is 13.2 Å². The van der Waals surface area contributed by atoms with Crippen LogP contribution in [0.4, 0.5) is 10.5 Å². The molecule has 1 atom stereocenters. The second kappa shape index (κ2) is 9.69. The number of amides is 2. The van der Waals surface area contributed by atoms with E-state index in [0.717, 1.165) is 33.9 Å². The van der Waals surface area contributed by atoms with E-state index >= 15 is 0 Å². The van der Waals surface area contributed by atoms with Crippen molar-refractivity contribution in [3.63, 3.8) is 0 Å². The van der Waals surface area contributed by atoms with Crippen LogP contribution in [-0.2, 0) is 6.54 Å². The minimum atomic E-state index is -0.235. The van der Waals surface area contributed by atoms with E-state index in [4.69, 9.17) is 4.74 Å². The molecule has 6 heteroatoms. The number of para-hydroxylation sites is 1. The van der Waals surface area contributed by atoms with Crippen LogP contribution in [0.1, 0.15) is 29.8 Å². The summed E-state index contributed by atoms with van der Waals surface area (Å²) in [5, 5.41) is 3.10. The summed E-state index contributed by atoms with van der Waals surface area (Å²) >= 11 is 1.71. The lowest BCUT2D eigenvalue weighted by molar-refractivity contribution is 0.194. The maximum Gasteiger partial charge on any atom is 0.322 e. The van der Waals surface area contributed by atoms with Gasteiger partial charge in [0, 0.05) is 22.5 Å². The molecule has 172 valence electrons. The summed E-state index contributed by atoms with van der Waals surface area (Å²) in [6.07, 6.45) is 4.14. The van der Waals surface area contributed by atoms with Crippen molar-refractivity contribution in [1.82, 2.24) is 9.47 Å². The smallest absolute Gasteiger partial charge is 0.322 e. The molecule has 0 radical (unpaired) electrons. The van der Waals surface area contributed by atoms with Gasteiger partial charge in [-0.2, -0.15) is 0 Å². The molecule has 1 aliphatic heterocycles. The molecule has 1 N–H and O–H groups in total. The summed E-state index contributed by atoms with van der Waals surface area (Å²) in [7, 11) is 0. The molecule has 0 saturated heterocycles. The van der Waals surface area contributed by atoms with E-state index in [1.165, 1.54) is 4.90 Å². The normalized spacial score (nSPS) is 14.6. The lowest BCUT2D eigenvalue weighted by atomic mass is 10.0. The zero-order valence-corrected chi connectivity index (χ0v) is 20.1. The van der Waals surface area contributed by atoms with Gasteiger partial charge in [-0.25, -0.2) is 4.79 Å². The van der Waals surface area contributed by atoms with E-state index in [2.05, 4.69) is 64.8 Å². The molecule has 1 unspecified atom stereocenters. The molecule has 3 aromatic carbocycles. The van der Waals surface area contributed by atoms with E-state index < -0.39 is 0 Å². The summed E-state index contributed by atoms with van der Waals surface area (Å²) < 4.78 is 7.74. The highest BCUT2D eigenvalue weighted by Crippen LogP contribution is 2.37. The molecule has 1 aromatic heterocycles. The number of nitrogens with zero attached hydrogens (tertiary/aromatic N) is 2. The number of aromatic nitrogens is 1. The molecule has 0 aliphatic carbocycles. The van der Waals surface area contributed by atoms with Crippen molar-refractivity contribution in [1.29, 1.82) is 0 Å². The van der Waals surface area contributed by atoms with Gasteiger partial charge in [0.25, 0.3) is 0 Å². The van der Waals surface area contributed by atoms with Crippen molar-refractivity contribution in [3.8, 4) is 11.4 Å². The Morgan fingerprint density at radius 1 is 1.00 bits per heavy atom. The maximum atomic E-state index is 13.7. The second-order valence-electron chi connectivity index (χ2n) is 8.12. The fraction of sp³-hybridized carbons (Fsp3) is 0.179. The number of urea groups is 1. The average molecular weight is 470 g/mol. The Labute approximate surface area is 204 Å². The highest BCUT2D eigenvalue weighted by Gasteiger charge is 2.33. The van der Waals surface area contributed by atoms with Gasteiger partial charge in [-0.15, -0.1) is 11.8 Å². The molecule has 5 nitrogen and oxygen atoms in total. The molecule has 0 saturated carbocycles. The van der Waals surface area contributed by atoms with Gasteiger partial charge in [0.05, 0.1) is 24.9 Å². The van der Waals surface area contributed by atoms with E-state index in [9.17, 15) is 4.79 Å².